The minimum Gasteiger partial charge on any atom is -0.493 e. The van der Waals surface area contributed by atoms with Crippen molar-refractivity contribution in [2.75, 3.05) is 71.5 Å². The Kier molecular flexibility index (Phi) is 10.0. The number of piperazine rings is 1. The van der Waals surface area contributed by atoms with Crippen LogP contribution in [0.3, 0.4) is 0 Å². The van der Waals surface area contributed by atoms with E-state index < -0.39 is 0 Å². The topological polar surface area (TPSA) is 48.5 Å². The van der Waals surface area contributed by atoms with Crippen LogP contribution < -0.4 is 14.4 Å². The standard InChI is InChI=1S/C33H47FN4O3/c1-25-13-17-38(18-14-25)32(39)12-11-26-23-35(24-27-7-6-10-31(40-2)33(27)41-3)16-15-29(26)36-19-21-37(22-20-36)30-9-5-4-8-28(30)34/h4-10,25-26,29H,11-24H2,1-3H3/t26-,29+/m0/s1. The molecule has 0 aromatic heterocycles. The van der Waals surface area contributed by atoms with Crippen LogP contribution in [0.25, 0.3) is 0 Å². The molecule has 2 atom stereocenters. The molecular formula is C33H47FN4O3. The molecule has 224 valence electrons. The first-order chi connectivity index (χ1) is 20.0. The minimum atomic E-state index is -0.147. The molecule has 5 rings (SSSR count). The molecule has 8 heteroatoms. The minimum absolute atomic E-state index is 0.147. The van der Waals surface area contributed by atoms with Crippen LogP contribution in [0.2, 0.25) is 0 Å². The van der Waals surface area contributed by atoms with Gasteiger partial charge in [-0.1, -0.05) is 31.2 Å². The Bertz CT molecular complexity index is 1150. The lowest BCUT2D eigenvalue weighted by Gasteiger charge is -2.47. The average molecular weight is 567 g/mol. The lowest BCUT2D eigenvalue weighted by molar-refractivity contribution is -0.133. The van der Waals surface area contributed by atoms with E-state index in [2.05, 4.69) is 32.6 Å². The highest BCUT2D eigenvalue weighted by molar-refractivity contribution is 5.76. The molecule has 0 radical (unpaired) electrons. The second kappa shape index (κ2) is 13.9. The number of carbonyl (C=O) groups is 1. The monoisotopic (exact) mass is 566 g/mol. The van der Waals surface area contributed by atoms with Crippen LogP contribution in [-0.4, -0.2) is 93.2 Å². The van der Waals surface area contributed by atoms with Crippen molar-refractivity contribution in [3.63, 3.8) is 0 Å². The van der Waals surface area contributed by atoms with Crippen molar-refractivity contribution in [3.05, 3.63) is 53.8 Å². The highest BCUT2D eigenvalue weighted by Crippen LogP contribution is 2.34. The number of halogens is 1. The smallest absolute Gasteiger partial charge is 0.222 e. The van der Waals surface area contributed by atoms with Crippen molar-refractivity contribution in [1.82, 2.24) is 14.7 Å². The van der Waals surface area contributed by atoms with Crippen molar-refractivity contribution in [2.24, 2.45) is 11.8 Å². The number of piperidine rings is 2. The zero-order valence-corrected chi connectivity index (χ0v) is 25.1. The summed E-state index contributed by atoms with van der Waals surface area (Å²) in [6.07, 6.45) is 4.79. The van der Waals surface area contributed by atoms with Gasteiger partial charge in [-0.25, -0.2) is 4.39 Å². The highest BCUT2D eigenvalue weighted by atomic mass is 19.1. The molecule has 3 fully saturated rings. The number of para-hydroxylation sites is 2. The first kappa shape index (κ1) is 29.6. The van der Waals surface area contributed by atoms with Gasteiger partial charge in [0.15, 0.2) is 11.5 Å². The van der Waals surface area contributed by atoms with E-state index >= 15 is 0 Å². The SMILES string of the molecule is COc1cccc(CN2CC[C@@H](N3CCN(c4ccccc4F)CC3)[C@@H](CCC(=O)N3CCC(C)CC3)C2)c1OC. The molecule has 0 spiro atoms. The van der Waals surface area contributed by atoms with E-state index in [9.17, 15) is 9.18 Å². The van der Waals surface area contributed by atoms with Gasteiger partial charge in [0.2, 0.25) is 5.91 Å². The number of ether oxygens (including phenoxy) is 2. The van der Waals surface area contributed by atoms with E-state index in [-0.39, 0.29) is 5.82 Å². The number of rotatable bonds is 9. The summed E-state index contributed by atoms with van der Waals surface area (Å²) in [6, 6.07) is 13.6. The van der Waals surface area contributed by atoms with Crippen LogP contribution in [-0.2, 0) is 11.3 Å². The summed E-state index contributed by atoms with van der Waals surface area (Å²) in [4.78, 5) is 22.6. The molecule has 3 aliphatic rings. The van der Waals surface area contributed by atoms with Gasteiger partial charge >= 0.3 is 0 Å². The molecule has 41 heavy (non-hydrogen) atoms. The third-order valence-electron chi connectivity index (χ3n) is 9.50. The van der Waals surface area contributed by atoms with Gasteiger partial charge in [0.05, 0.1) is 19.9 Å². The summed E-state index contributed by atoms with van der Waals surface area (Å²) in [6.45, 7) is 10.3. The zero-order valence-electron chi connectivity index (χ0n) is 25.1. The molecular weight excluding hydrogens is 519 g/mol. The van der Waals surface area contributed by atoms with E-state index in [4.69, 9.17) is 9.47 Å². The molecule has 3 aliphatic heterocycles. The summed E-state index contributed by atoms with van der Waals surface area (Å²) in [5.74, 6) is 2.83. The lowest BCUT2D eigenvalue weighted by Crippen LogP contribution is -2.57. The maximum atomic E-state index is 14.4. The maximum absolute atomic E-state index is 14.4. The van der Waals surface area contributed by atoms with Crippen LogP contribution >= 0.6 is 0 Å². The number of methoxy groups -OCH3 is 2. The number of likely N-dealkylation sites (tertiary alicyclic amines) is 2. The highest BCUT2D eigenvalue weighted by Gasteiger charge is 2.36. The molecule has 0 bridgehead atoms. The molecule has 0 N–H and O–H groups in total. The summed E-state index contributed by atoms with van der Waals surface area (Å²) >= 11 is 0. The fraction of sp³-hybridized carbons (Fsp3) is 0.606. The maximum Gasteiger partial charge on any atom is 0.222 e. The Balaban J connectivity index is 1.25. The Morgan fingerprint density at radius 2 is 1.66 bits per heavy atom. The first-order valence-electron chi connectivity index (χ1n) is 15.4. The zero-order chi connectivity index (χ0) is 28.8. The number of hydrogen-bond donors (Lipinski definition) is 0. The van der Waals surface area contributed by atoms with E-state index in [0.29, 0.717) is 35.9 Å². The fourth-order valence-corrected chi connectivity index (χ4v) is 7.05. The van der Waals surface area contributed by atoms with Gasteiger partial charge < -0.3 is 19.3 Å². The molecule has 3 saturated heterocycles. The molecule has 1 amide bonds. The van der Waals surface area contributed by atoms with Crippen LogP contribution in [0.15, 0.2) is 42.5 Å². The Hall–Kier alpha value is -2.84. The largest absolute Gasteiger partial charge is 0.493 e. The second-order valence-electron chi connectivity index (χ2n) is 12.1. The van der Waals surface area contributed by atoms with Gasteiger partial charge in [0.1, 0.15) is 5.82 Å². The van der Waals surface area contributed by atoms with E-state index in [1.54, 1.807) is 26.4 Å². The van der Waals surface area contributed by atoms with Crippen LogP contribution in [0, 0.1) is 17.7 Å². The number of amides is 1. The van der Waals surface area contributed by atoms with Crippen LogP contribution in [0.5, 0.6) is 11.5 Å². The number of nitrogens with zero attached hydrogens (tertiary/aromatic N) is 4. The molecule has 3 heterocycles. The van der Waals surface area contributed by atoms with Gasteiger partial charge in [0.25, 0.3) is 0 Å². The van der Waals surface area contributed by atoms with Crippen LogP contribution in [0.4, 0.5) is 10.1 Å². The van der Waals surface area contributed by atoms with E-state index in [1.165, 1.54) is 0 Å². The number of carbonyl (C=O) groups excluding carboxylic acids is 1. The Morgan fingerprint density at radius 3 is 2.37 bits per heavy atom. The molecule has 0 saturated carbocycles. The van der Waals surface area contributed by atoms with Crippen LogP contribution in [0.1, 0.15) is 44.6 Å². The number of hydrogen-bond acceptors (Lipinski definition) is 6. The van der Waals surface area contributed by atoms with Gasteiger partial charge in [-0.15, -0.1) is 0 Å². The summed E-state index contributed by atoms with van der Waals surface area (Å²) in [5, 5.41) is 0. The van der Waals surface area contributed by atoms with E-state index in [1.807, 2.05) is 24.3 Å². The Morgan fingerprint density at radius 1 is 0.902 bits per heavy atom. The van der Waals surface area contributed by atoms with Gasteiger partial charge in [-0.05, 0) is 62.3 Å². The van der Waals surface area contributed by atoms with Gasteiger partial charge in [-0.3, -0.25) is 14.6 Å². The predicted octanol–water partition coefficient (Wildman–Crippen LogP) is 4.89. The first-order valence-corrected chi connectivity index (χ1v) is 15.4. The number of anilines is 1. The quantitative estimate of drug-likeness (QED) is 0.431. The molecule has 2 aromatic carbocycles. The lowest BCUT2D eigenvalue weighted by atomic mass is 9.86. The van der Waals surface area contributed by atoms with E-state index in [0.717, 1.165) is 102 Å². The molecule has 7 nitrogen and oxygen atoms in total. The third-order valence-corrected chi connectivity index (χ3v) is 9.50. The van der Waals surface area contributed by atoms with Gasteiger partial charge in [-0.2, -0.15) is 0 Å². The van der Waals surface area contributed by atoms with Crippen molar-refractivity contribution >= 4 is 11.6 Å². The molecule has 0 aliphatic carbocycles. The summed E-state index contributed by atoms with van der Waals surface area (Å²) < 4.78 is 25.7. The van der Waals surface area contributed by atoms with Crippen molar-refractivity contribution in [2.45, 2.75) is 51.6 Å². The second-order valence-corrected chi connectivity index (χ2v) is 12.1. The summed E-state index contributed by atoms with van der Waals surface area (Å²) in [5.41, 5.74) is 1.83. The summed E-state index contributed by atoms with van der Waals surface area (Å²) in [7, 11) is 3.37. The Labute approximate surface area is 245 Å². The fourth-order valence-electron chi connectivity index (χ4n) is 7.05. The van der Waals surface area contributed by atoms with Crippen molar-refractivity contribution in [3.8, 4) is 11.5 Å². The number of benzene rings is 2. The van der Waals surface area contributed by atoms with Crippen molar-refractivity contribution < 1.29 is 18.7 Å². The van der Waals surface area contributed by atoms with Gasteiger partial charge in [0, 0.05) is 70.4 Å². The average Bonchev–Trinajstić information content (AvgIpc) is 3.00. The van der Waals surface area contributed by atoms with Crippen molar-refractivity contribution in [1.29, 1.82) is 0 Å². The normalized spacial score (nSPS) is 23.0. The molecule has 0 unspecified atom stereocenters. The molecule has 2 aromatic rings. The third kappa shape index (κ3) is 7.15. The predicted molar refractivity (Wildman–Crippen MR) is 161 cm³/mol.